The van der Waals surface area contributed by atoms with Gasteiger partial charge in [0.05, 0.1) is 12.7 Å². The summed E-state index contributed by atoms with van der Waals surface area (Å²) in [6.07, 6.45) is 2.21. The number of benzene rings is 2. The van der Waals surface area contributed by atoms with Gasteiger partial charge < -0.3 is 25.0 Å². The first kappa shape index (κ1) is 23.6. The van der Waals surface area contributed by atoms with Gasteiger partial charge in [-0.1, -0.05) is 24.3 Å². The zero-order valence-corrected chi connectivity index (χ0v) is 19.3. The van der Waals surface area contributed by atoms with Crippen LogP contribution >= 0.6 is 0 Å². The molecule has 32 heavy (non-hydrogen) atoms. The van der Waals surface area contributed by atoms with Gasteiger partial charge >= 0.3 is 0 Å². The highest BCUT2D eigenvalue weighted by Gasteiger charge is 2.17. The highest BCUT2D eigenvalue weighted by molar-refractivity contribution is 5.94. The van der Waals surface area contributed by atoms with E-state index in [2.05, 4.69) is 32.7 Å². The Morgan fingerprint density at radius 3 is 2.69 bits per heavy atom. The molecule has 2 N–H and O–H groups in total. The second-order valence-electron chi connectivity index (χ2n) is 7.88. The van der Waals surface area contributed by atoms with Gasteiger partial charge in [0.1, 0.15) is 5.75 Å². The van der Waals surface area contributed by atoms with Crippen molar-refractivity contribution >= 4 is 11.9 Å². The molecule has 1 heterocycles. The van der Waals surface area contributed by atoms with Crippen LogP contribution in [0, 0.1) is 0 Å². The van der Waals surface area contributed by atoms with Crippen molar-refractivity contribution in [2.24, 2.45) is 4.99 Å². The van der Waals surface area contributed by atoms with Gasteiger partial charge in [-0.15, -0.1) is 0 Å². The lowest BCUT2D eigenvalue weighted by atomic mass is 10.1. The number of hydrogen-bond acceptors (Lipinski definition) is 4. The smallest absolute Gasteiger partial charge is 0.251 e. The lowest BCUT2D eigenvalue weighted by Gasteiger charge is -2.22. The van der Waals surface area contributed by atoms with Crippen molar-refractivity contribution in [3.05, 3.63) is 65.2 Å². The molecule has 7 nitrogen and oxygen atoms in total. The van der Waals surface area contributed by atoms with Crippen LogP contribution in [-0.4, -0.2) is 56.7 Å². The summed E-state index contributed by atoms with van der Waals surface area (Å²) in [7, 11) is 3.77. The molecule has 0 spiro atoms. The van der Waals surface area contributed by atoms with E-state index in [-0.39, 0.29) is 12.0 Å². The monoisotopic (exact) mass is 438 g/mol. The van der Waals surface area contributed by atoms with E-state index in [1.54, 1.807) is 7.05 Å². The normalized spacial score (nSPS) is 16.0. The fourth-order valence-electron chi connectivity index (χ4n) is 3.71. The van der Waals surface area contributed by atoms with Crippen LogP contribution in [0.2, 0.25) is 0 Å². The van der Waals surface area contributed by atoms with Crippen LogP contribution in [0.4, 0.5) is 0 Å². The molecular formula is C25H34N4O3. The second kappa shape index (κ2) is 12.1. The van der Waals surface area contributed by atoms with Crippen molar-refractivity contribution in [2.75, 3.05) is 33.9 Å². The summed E-state index contributed by atoms with van der Waals surface area (Å²) in [5.74, 6) is 1.59. The Labute approximate surface area is 190 Å². The Hall–Kier alpha value is -3.06. The van der Waals surface area contributed by atoms with Crippen LogP contribution in [0.5, 0.6) is 5.75 Å². The van der Waals surface area contributed by atoms with Crippen LogP contribution in [0.3, 0.4) is 0 Å². The molecule has 0 radical (unpaired) electrons. The van der Waals surface area contributed by atoms with Crippen LogP contribution in [0.15, 0.2) is 53.5 Å². The summed E-state index contributed by atoms with van der Waals surface area (Å²) >= 11 is 0. The van der Waals surface area contributed by atoms with E-state index in [4.69, 9.17) is 9.47 Å². The number of nitrogens with zero attached hydrogens (tertiary/aromatic N) is 2. The number of rotatable bonds is 9. The van der Waals surface area contributed by atoms with E-state index in [0.717, 1.165) is 43.3 Å². The average Bonchev–Trinajstić information content (AvgIpc) is 3.33. The van der Waals surface area contributed by atoms with E-state index in [0.29, 0.717) is 25.3 Å². The van der Waals surface area contributed by atoms with Crippen LogP contribution in [-0.2, 0) is 17.8 Å². The minimum absolute atomic E-state index is 0.0700. The quantitative estimate of drug-likeness (QED) is 0.465. The topological polar surface area (TPSA) is 75.2 Å². The molecular weight excluding hydrogens is 404 g/mol. The molecule has 0 bridgehead atoms. The van der Waals surface area contributed by atoms with Crippen LogP contribution < -0.4 is 15.4 Å². The number of nitrogens with one attached hydrogen (secondary N) is 2. The Morgan fingerprint density at radius 2 is 2.00 bits per heavy atom. The van der Waals surface area contributed by atoms with Gasteiger partial charge in [0, 0.05) is 45.9 Å². The van der Waals surface area contributed by atoms with Gasteiger partial charge in [0.25, 0.3) is 5.91 Å². The van der Waals surface area contributed by atoms with Crippen molar-refractivity contribution in [2.45, 2.75) is 39.0 Å². The van der Waals surface area contributed by atoms with E-state index in [1.165, 1.54) is 5.56 Å². The van der Waals surface area contributed by atoms with Crippen LogP contribution in [0.25, 0.3) is 0 Å². The van der Waals surface area contributed by atoms with Crippen molar-refractivity contribution in [3.63, 3.8) is 0 Å². The lowest BCUT2D eigenvalue weighted by molar-refractivity contribution is 0.0857. The van der Waals surface area contributed by atoms with E-state index in [9.17, 15) is 4.79 Å². The lowest BCUT2D eigenvalue weighted by Crippen LogP contribution is -2.38. The zero-order chi connectivity index (χ0) is 22.8. The molecule has 3 rings (SSSR count). The number of ether oxygens (including phenoxy) is 2. The Kier molecular flexibility index (Phi) is 8.92. The van der Waals surface area contributed by atoms with Gasteiger partial charge in [0.2, 0.25) is 0 Å². The fraction of sp³-hybridized carbons (Fsp3) is 0.440. The van der Waals surface area contributed by atoms with Crippen molar-refractivity contribution in [3.8, 4) is 5.75 Å². The molecule has 1 atom stereocenters. The third-order valence-electron chi connectivity index (χ3n) is 5.38. The maximum Gasteiger partial charge on any atom is 0.251 e. The molecule has 172 valence electrons. The molecule has 1 fully saturated rings. The first-order valence-corrected chi connectivity index (χ1v) is 11.2. The molecule has 1 unspecified atom stereocenters. The second-order valence-corrected chi connectivity index (χ2v) is 7.88. The molecule has 1 saturated heterocycles. The van der Waals surface area contributed by atoms with Crippen molar-refractivity contribution in [1.82, 2.24) is 15.5 Å². The fourth-order valence-corrected chi connectivity index (χ4v) is 3.71. The predicted molar refractivity (Wildman–Crippen MR) is 127 cm³/mol. The van der Waals surface area contributed by atoms with Gasteiger partial charge in [-0.3, -0.25) is 9.79 Å². The molecule has 0 saturated carbocycles. The number of amides is 1. The number of hydrogen-bond donors (Lipinski definition) is 2. The minimum Gasteiger partial charge on any atom is -0.494 e. The van der Waals surface area contributed by atoms with Crippen molar-refractivity contribution in [1.29, 1.82) is 0 Å². The van der Waals surface area contributed by atoms with Gasteiger partial charge in [-0.05, 0) is 55.2 Å². The summed E-state index contributed by atoms with van der Waals surface area (Å²) < 4.78 is 11.1. The van der Waals surface area contributed by atoms with E-state index < -0.39 is 0 Å². The van der Waals surface area contributed by atoms with E-state index >= 15 is 0 Å². The molecule has 2 aromatic rings. The van der Waals surface area contributed by atoms with E-state index in [1.807, 2.05) is 50.4 Å². The molecule has 1 amide bonds. The number of guanidine groups is 1. The summed E-state index contributed by atoms with van der Waals surface area (Å²) in [4.78, 5) is 19.0. The summed E-state index contributed by atoms with van der Waals surface area (Å²) in [6.45, 7) is 5.28. The molecule has 0 aliphatic carbocycles. The Balaban J connectivity index is 1.51. The summed E-state index contributed by atoms with van der Waals surface area (Å²) in [5.41, 5.74) is 2.84. The third-order valence-corrected chi connectivity index (χ3v) is 5.38. The predicted octanol–water partition coefficient (Wildman–Crippen LogP) is 3.20. The summed E-state index contributed by atoms with van der Waals surface area (Å²) in [6, 6.07) is 15.8. The Bertz CT molecular complexity index is 892. The maximum absolute atomic E-state index is 12.5. The van der Waals surface area contributed by atoms with Crippen molar-refractivity contribution < 1.29 is 14.3 Å². The summed E-state index contributed by atoms with van der Waals surface area (Å²) in [5, 5.41) is 6.36. The molecule has 2 aromatic carbocycles. The minimum atomic E-state index is -0.0700. The molecule has 1 aliphatic heterocycles. The third kappa shape index (κ3) is 6.99. The zero-order valence-electron chi connectivity index (χ0n) is 19.3. The van der Waals surface area contributed by atoms with Gasteiger partial charge in [-0.25, -0.2) is 0 Å². The SMILES string of the molecule is CCOc1ccc(CN(C)C(=NC)NCc2cccc(C(=O)NCC3CCCO3)c2)cc1. The highest BCUT2D eigenvalue weighted by Crippen LogP contribution is 2.14. The first-order valence-electron chi connectivity index (χ1n) is 11.2. The average molecular weight is 439 g/mol. The highest BCUT2D eigenvalue weighted by atomic mass is 16.5. The molecule has 1 aliphatic rings. The Morgan fingerprint density at radius 1 is 1.19 bits per heavy atom. The number of carbonyl (C=O) groups excluding carboxylic acids is 1. The first-order chi connectivity index (χ1) is 15.6. The maximum atomic E-state index is 12.5. The molecule has 7 heteroatoms. The molecule has 0 aromatic heterocycles. The van der Waals surface area contributed by atoms with Crippen LogP contribution in [0.1, 0.15) is 41.3 Å². The van der Waals surface area contributed by atoms with Gasteiger partial charge in [-0.2, -0.15) is 0 Å². The van der Waals surface area contributed by atoms with Gasteiger partial charge in [0.15, 0.2) is 5.96 Å². The number of carbonyl (C=O) groups is 1. The largest absolute Gasteiger partial charge is 0.494 e. The number of aliphatic imine (C=N–C) groups is 1. The standard InChI is InChI=1S/C25H34N4O3/c1-4-31-22-12-10-19(11-13-22)18-29(3)25(26-2)28-16-20-7-5-8-21(15-20)24(30)27-17-23-9-6-14-32-23/h5,7-8,10-13,15,23H,4,6,9,14,16-18H2,1-3H3,(H,26,28)(H,27,30).